The van der Waals surface area contributed by atoms with E-state index in [2.05, 4.69) is 0 Å². The maximum absolute atomic E-state index is 11.6. The summed E-state index contributed by atoms with van der Waals surface area (Å²) in [6, 6.07) is 7.83. The van der Waals surface area contributed by atoms with Crippen molar-refractivity contribution in [3.63, 3.8) is 0 Å². The van der Waals surface area contributed by atoms with Gasteiger partial charge in [-0.25, -0.2) is 4.79 Å². The second-order valence-corrected chi connectivity index (χ2v) is 4.80. The standard InChI is InChI=1S/C16H19NO3/c1-4-19-16(18)10-15-14-8-6-5-7-12(14)9-13(20-15)11-17(2)3/h5-10H,4,11H2,1-3H3/b15-10+. The topological polar surface area (TPSA) is 38.8 Å². The third-order valence-electron chi connectivity index (χ3n) is 2.79. The Hall–Kier alpha value is -2.07. The number of hydrogen-bond acceptors (Lipinski definition) is 4. The zero-order valence-electron chi connectivity index (χ0n) is 12.1. The molecule has 0 amide bonds. The van der Waals surface area contributed by atoms with E-state index < -0.39 is 0 Å². The highest BCUT2D eigenvalue weighted by molar-refractivity contribution is 5.92. The Kier molecular flexibility index (Phi) is 4.58. The lowest BCUT2D eigenvalue weighted by molar-refractivity contribution is -0.137. The van der Waals surface area contributed by atoms with Crippen LogP contribution >= 0.6 is 0 Å². The molecular weight excluding hydrogens is 254 g/mol. The van der Waals surface area contributed by atoms with E-state index in [4.69, 9.17) is 9.47 Å². The second kappa shape index (κ2) is 6.39. The van der Waals surface area contributed by atoms with E-state index in [1.807, 2.05) is 49.3 Å². The highest BCUT2D eigenvalue weighted by atomic mass is 16.5. The molecule has 0 fully saturated rings. The summed E-state index contributed by atoms with van der Waals surface area (Å²) in [6.45, 7) is 2.81. The molecule has 1 aliphatic heterocycles. The molecule has 0 unspecified atom stereocenters. The van der Waals surface area contributed by atoms with Crippen LogP contribution in [0.3, 0.4) is 0 Å². The van der Waals surface area contributed by atoms with Crippen LogP contribution in [0.4, 0.5) is 0 Å². The number of benzene rings is 1. The monoisotopic (exact) mass is 273 g/mol. The summed E-state index contributed by atoms with van der Waals surface area (Å²) in [7, 11) is 3.94. The lowest BCUT2D eigenvalue weighted by Gasteiger charge is -2.22. The van der Waals surface area contributed by atoms with Gasteiger partial charge in [0.15, 0.2) is 0 Å². The summed E-state index contributed by atoms with van der Waals surface area (Å²) in [5.74, 6) is 0.964. The second-order valence-electron chi connectivity index (χ2n) is 4.80. The molecule has 1 aromatic rings. The Morgan fingerprint density at radius 2 is 2.10 bits per heavy atom. The van der Waals surface area contributed by atoms with Gasteiger partial charge in [0, 0.05) is 5.56 Å². The van der Waals surface area contributed by atoms with Crippen molar-refractivity contribution in [3.8, 4) is 0 Å². The predicted octanol–water partition coefficient (Wildman–Crippen LogP) is 2.52. The van der Waals surface area contributed by atoms with Gasteiger partial charge in [0.2, 0.25) is 0 Å². The number of hydrogen-bond donors (Lipinski definition) is 0. The third-order valence-corrected chi connectivity index (χ3v) is 2.79. The molecule has 4 heteroatoms. The molecule has 0 atom stereocenters. The van der Waals surface area contributed by atoms with Crippen molar-refractivity contribution in [2.45, 2.75) is 6.92 Å². The van der Waals surface area contributed by atoms with E-state index in [0.29, 0.717) is 18.9 Å². The summed E-state index contributed by atoms with van der Waals surface area (Å²) in [6.07, 6.45) is 3.41. The molecule has 0 aromatic heterocycles. The molecule has 106 valence electrons. The smallest absolute Gasteiger partial charge is 0.334 e. The van der Waals surface area contributed by atoms with E-state index >= 15 is 0 Å². The normalized spacial score (nSPS) is 15.6. The van der Waals surface area contributed by atoms with Crippen LogP contribution in [0.1, 0.15) is 18.1 Å². The van der Waals surface area contributed by atoms with Crippen LogP contribution in [-0.4, -0.2) is 38.1 Å². The van der Waals surface area contributed by atoms with Crippen LogP contribution in [0, 0.1) is 0 Å². The molecule has 0 radical (unpaired) electrons. The van der Waals surface area contributed by atoms with E-state index in [0.717, 1.165) is 16.9 Å². The van der Waals surface area contributed by atoms with Crippen LogP contribution in [-0.2, 0) is 14.3 Å². The highest BCUT2D eigenvalue weighted by Gasteiger charge is 2.18. The van der Waals surface area contributed by atoms with Crippen molar-refractivity contribution < 1.29 is 14.3 Å². The van der Waals surface area contributed by atoms with Gasteiger partial charge in [-0.1, -0.05) is 24.3 Å². The van der Waals surface area contributed by atoms with E-state index in [9.17, 15) is 4.79 Å². The van der Waals surface area contributed by atoms with Crippen molar-refractivity contribution in [3.05, 3.63) is 47.2 Å². The minimum absolute atomic E-state index is 0.352. The molecule has 1 aliphatic rings. The maximum atomic E-state index is 11.6. The Morgan fingerprint density at radius 3 is 2.80 bits per heavy atom. The van der Waals surface area contributed by atoms with Crippen LogP contribution < -0.4 is 0 Å². The average molecular weight is 273 g/mol. The lowest BCUT2D eigenvalue weighted by atomic mass is 10.0. The predicted molar refractivity (Wildman–Crippen MR) is 78.7 cm³/mol. The maximum Gasteiger partial charge on any atom is 0.334 e. The van der Waals surface area contributed by atoms with Gasteiger partial charge in [0.1, 0.15) is 11.5 Å². The fraction of sp³-hybridized carbons (Fsp3) is 0.312. The zero-order valence-corrected chi connectivity index (χ0v) is 12.1. The summed E-state index contributed by atoms with van der Waals surface area (Å²) in [4.78, 5) is 13.7. The molecule has 20 heavy (non-hydrogen) atoms. The Bertz CT molecular complexity index is 559. The average Bonchev–Trinajstić information content (AvgIpc) is 2.38. The van der Waals surface area contributed by atoms with Gasteiger partial charge < -0.3 is 14.4 Å². The first-order valence-electron chi connectivity index (χ1n) is 6.61. The number of rotatable bonds is 4. The fourth-order valence-electron chi connectivity index (χ4n) is 2.03. The SMILES string of the molecule is CCOC(=O)/C=C1/OC(CN(C)C)=Cc2ccccc21. The van der Waals surface area contributed by atoms with E-state index in [1.54, 1.807) is 6.92 Å². The molecule has 4 nitrogen and oxygen atoms in total. The van der Waals surface area contributed by atoms with Gasteiger partial charge in [-0.15, -0.1) is 0 Å². The van der Waals surface area contributed by atoms with Crippen molar-refractivity contribution in [1.29, 1.82) is 0 Å². The molecule has 0 aliphatic carbocycles. The molecule has 2 rings (SSSR count). The summed E-state index contributed by atoms with van der Waals surface area (Å²) >= 11 is 0. The lowest BCUT2D eigenvalue weighted by Crippen LogP contribution is -2.18. The van der Waals surface area contributed by atoms with Crippen LogP contribution in [0.15, 0.2) is 36.1 Å². The fourth-order valence-corrected chi connectivity index (χ4v) is 2.03. The molecular formula is C16H19NO3. The van der Waals surface area contributed by atoms with Gasteiger partial charge in [-0.05, 0) is 32.7 Å². The van der Waals surface area contributed by atoms with Crippen molar-refractivity contribution >= 4 is 17.8 Å². The van der Waals surface area contributed by atoms with Gasteiger partial charge in [-0.3, -0.25) is 0 Å². The first-order chi connectivity index (χ1) is 9.60. The summed E-state index contributed by atoms with van der Waals surface area (Å²) in [5.41, 5.74) is 1.95. The van der Waals surface area contributed by atoms with Crippen molar-refractivity contribution in [2.75, 3.05) is 27.2 Å². The number of fused-ring (bicyclic) bond motifs is 1. The number of esters is 1. The Balaban J connectivity index is 2.34. The molecule has 0 saturated carbocycles. The van der Waals surface area contributed by atoms with Gasteiger partial charge in [-0.2, -0.15) is 0 Å². The number of likely N-dealkylation sites (N-methyl/N-ethyl adjacent to an activating group) is 1. The zero-order chi connectivity index (χ0) is 14.5. The minimum Gasteiger partial charge on any atom is -0.463 e. The first kappa shape index (κ1) is 14.3. The molecule has 1 heterocycles. The van der Waals surface area contributed by atoms with Gasteiger partial charge in [0.25, 0.3) is 0 Å². The quantitative estimate of drug-likeness (QED) is 0.624. The summed E-state index contributed by atoms with van der Waals surface area (Å²) < 4.78 is 10.8. The van der Waals surface area contributed by atoms with Crippen LogP contribution in [0.5, 0.6) is 0 Å². The molecule has 0 N–H and O–H groups in total. The van der Waals surface area contributed by atoms with E-state index in [-0.39, 0.29) is 5.97 Å². The highest BCUT2D eigenvalue weighted by Crippen LogP contribution is 2.30. The minimum atomic E-state index is -0.386. The van der Waals surface area contributed by atoms with E-state index in [1.165, 1.54) is 6.08 Å². The molecule has 0 saturated heterocycles. The van der Waals surface area contributed by atoms with Crippen molar-refractivity contribution in [1.82, 2.24) is 4.90 Å². The Morgan fingerprint density at radius 1 is 1.35 bits per heavy atom. The van der Waals surface area contributed by atoms with Crippen molar-refractivity contribution in [2.24, 2.45) is 0 Å². The number of carbonyl (C=O) groups is 1. The third kappa shape index (κ3) is 3.48. The van der Waals surface area contributed by atoms with Crippen LogP contribution in [0.2, 0.25) is 0 Å². The first-order valence-corrected chi connectivity index (χ1v) is 6.61. The molecule has 1 aromatic carbocycles. The van der Waals surface area contributed by atoms with Gasteiger partial charge in [0.05, 0.1) is 19.2 Å². The van der Waals surface area contributed by atoms with Gasteiger partial charge >= 0.3 is 5.97 Å². The summed E-state index contributed by atoms with van der Waals surface area (Å²) in [5, 5.41) is 0. The number of nitrogens with zero attached hydrogens (tertiary/aromatic N) is 1. The molecule has 0 spiro atoms. The largest absolute Gasteiger partial charge is 0.463 e. The number of ether oxygens (including phenoxy) is 2. The molecule has 0 bridgehead atoms. The Labute approximate surface area is 119 Å². The van der Waals surface area contributed by atoms with Crippen LogP contribution in [0.25, 0.3) is 11.8 Å². The number of carbonyl (C=O) groups excluding carboxylic acids is 1.